The van der Waals surface area contributed by atoms with Gasteiger partial charge in [-0.3, -0.25) is 4.79 Å². The highest BCUT2D eigenvalue weighted by atomic mass is 32.1. The highest BCUT2D eigenvalue weighted by molar-refractivity contribution is 7.10. The number of carbonyl (C=O) groups is 2. The second kappa shape index (κ2) is 8.99. The van der Waals surface area contributed by atoms with Gasteiger partial charge < -0.3 is 15.1 Å². The molecule has 29 heavy (non-hydrogen) atoms. The van der Waals surface area contributed by atoms with Crippen LogP contribution in [0.3, 0.4) is 0 Å². The van der Waals surface area contributed by atoms with E-state index < -0.39 is 0 Å². The van der Waals surface area contributed by atoms with Gasteiger partial charge in [-0.05, 0) is 63.1 Å². The number of nitrogens with zero attached hydrogens (tertiary/aromatic N) is 2. The van der Waals surface area contributed by atoms with E-state index >= 15 is 0 Å². The quantitative estimate of drug-likeness (QED) is 0.724. The molecule has 0 spiro atoms. The Labute approximate surface area is 177 Å². The Morgan fingerprint density at radius 3 is 2.34 bits per heavy atom. The van der Waals surface area contributed by atoms with E-state index in [-0.39, 0.29) is 30.1 Å². The first-order valence-corrected chi connectivity index (χ1v) is 11.0. The fourth-order valence-corrected chi connectivity index (χ4v) is 4.09. The molecule has 0 radical (unpaired) electrons. The number of thiophene rings is 1. The van der Waals surface area contributed by atoms with E-state index in [1.54, 1.807) is 16.2 Å². The van der Waals surface area contributed by atoms with E-state index in [2.05, 4.69) is 23.7 Å². The Balaban J connectivity index is 1.75. The van der Waals surface area contributed by atoms with Crippen LogP contribution in [0.5, 0.6) is 0 Å². The molecule has 1 N–H and O–H groups in total. The van der Waals surface area contributed by atoms with E-state index in [9.17, 15) is 9.59 Å². The lowest BCUT2D eigenvalue weighted by Crippen LogP contribution is -2.52. The molecule has 1 fully saturated rings. The zero-order valence-corrected chi connectivity index (χ0v) is 18.6. The molecule has 0 atom stereocenters. The summed E-state index contributed by atoms with van der Waals surface area (Å²) in [7, 11) is 0. The number of benzene rings is 1. The number of amides is 3. The van der Waals surface area contributed by atoms with E-state index in [4.69, 9.17) is 0 Å². The lowest BCUT2D eigenvalue weighted by Gasteiger charge is -2.30. The molecule has 1 saturated carbocycles. The Morgan fingerprint density at radius 2 is 1.79 bits per heavy atom. The van der Waals surface area contributed by atoms with Crippen LogP contribution in [0.15, 0.2) is 41.8 Å². The van der Waals surface area contributed by atoms with Crippen LogP contribution in [0.4, 0.5) is 4.79 Å². The SMILES string of the molecule is Cc1ccsc1CN(Cc1ccccc1)C(=O)CN(C(=O)NC(C)(C)C)C1CC1. The van der Waals surface area contributed by atoms with Crippen LogP contribution < -0.4 is 5.32 Å². The monoisotopic (exact) mass is 413 g/mol. The van der Waals surface area contributed by atoms with Crippen molar-refractivity contribution in [2.75, 3.05) is 6.54 Å². The standard InChI is InChI=1S/C23H31N3O2S/c1-17-12-13-29-20(17)15-25(14-18-8-6-5-7-9-18)21(27)16-26(19-10-11-19)22(28)24-23(2,3)4/h5-9,12-13,19H,10-11,14-16H2,1-4H3,(H,24,28). The topological polar surface area (TPSA) is 52.7 Å². The number of hydrogen-bond acceptors (Lipinski definition) is 3. The molecule has 1 aliphatic carbocycles. The van der Waals surface area contributed by atoms with Gasteiger partial charge in [-0.15, -0.1) is 11.3 Å². The minimum atomic E-state index is -0.328. The minimum Gasteiger partial charge on any atom is -0.333 e. The maximum atomic E-state index is 13.3. The predicted molar refractivity (Wildman–Crippen MR) is 118 cm³/mol. The van der Waals surface area contributed by atoms with Crippen molar-refractivity contribution in [3.63, 3.8) is 0 Å². The van der Waals surface area contributed by atoms with Gasteiger partial charge in [0.1, 0.15) is 6.54 Å². The molecule has 156 valence electrons. The zero-order valence-electron chi connectivity index (χ0n) is 17.8. The maximum Gasteiger partial charge on any atom is 0.318 e. The maximum absolute atomic E-state index is 13.3. The van der Waals surface area contributed by atoms with Crippen LogP contribution in [0, 0.1) is 6.92 Å². The molecular formula is C23H31N3O2S. The van der Waals surface area contributed by atoms with Crippen LogP contribution in [0.1, 0.15) is 49.6 Å². The third-order valence-corrected chi connectivity index (χ3v) is 5.92. The second-order valence-corrected chi connectivity index (χ2v) is 9.80. The number of hydrogen-bond donors (Lipinski definition) is 1. The van der Waals surface area contributed by atoms with Gasteiger partial charge >= 0.3 is 6.03 Å². The molecule has 6 heteroatoms. The van der Waals surface area contributed by atoms with E-state index in [0.29, 0.717) is 13.1 Å². The molecule has 3 amide bonds. The smallest absolute Gasteiger partial charge is 0.318 e. The first kappa shape index (κ1) is 21.4. The molecule has 0 saturated heterocycles. The van der Waals surface area contributed by atoms with Gasteiger partial charge in [0.05, 0.1) is 6.54 Å². The summed E-state index contributed by atoms with van der Waals surface area (Å²) in [5.74, 6) is -0.0161. The lowest BCUT2D eigenvalue weighted by atomic mass is 10.1. The minimum absolute atomic E-state index is 0.0161. The number of aryl methyl sites for hydroxylation is 1. The van der Waals surface area contributed by atoms with Gasteiger partial charge in [0, 0.05) is 23.0 Å². The van der Waals surface area contributed by atoms with Gasteiger partial charge in [0.25, 0.3) is 0 Å². The van der Waals surface area contributed by atoms with Crippen LogP contribution in [-0.4, -0.2) is 39.9 Å². The second-order valence-electron chi connectivity index (χ2n) is 8.80. The van der Waals surface area contributed by atoms with Crippen LogP contribution in [0.2, 0.25) is 0 Å². The van der Waals surface area contributed by atoms with Crippen molar-refractivity contribution in [1.29, 1.82) is 0 Å². The zero-order chi connectivity index (χ0) is 21.0. The molecule has 0 bridgehead atoms. The number of carbonyl (C=O) groups excluding carboxylic acids is 2. The molecular weight excluding hydrogens is 382 g/mol. The molecule has 1 heterocycles. The van der Waals surface area contributed by atoms with Gasteiger partial charge in [-0.25, -0.2) is 4.79 Å². The first-order valence-electron chi connectivity index (χ1n) is 10.2. The summed E-state index contributed by atoms with van der Waals surface area (Å²) in [6.07, 6.45) is 1.93. The fourth-order valence-electron chi connectivity index (χ4n) is 3.17. The summed E-state index contributed by atoms with van der Waals surface area (Å²) in [5, 5.41) is 5.07. The van der Waals surface area contributed by atoms with Crippen molar-refractivity contribution in [2.24, 2.45) is 0 Å². The third-order valence-electron chi connectivity index (χ3n) is 4.91. The van der Waals surface area contributed by atoms with Crippen molar-refractivity contribution in [3.05, 3.63) is 57.8 Å². The molecule has 2 aromatic rings. The molecule has 1 aliphatic rings. The summed E-state index contributed by atoms with van der Waals surface area (Å²) in [6.45, 7) is 9.17. The molecule has 3 rings (SSSR count). The Kier molecular flexibility index (Phi) is 6.63. The number of nitrogens with one attached hydrogen (secondary N) is 1. The van der Waals surface area contributed by atoms with Gasteiger partial charge in [-0.1, -0.05) is 30.3 Å². The van der Waals surface area contributed by atoms with Crippen molar-refractivity contribution >= 4 is 23.3 Å². The largest absolute Gasteiger partial charge is 0.333 e. The fraction of sp³-hybridized carbons (Fsp3) is 0.478. The van der Waals surface area contributed by atoms with Crippen molar-refractivity contribution in [2.45, 2.75) is 65.2 Å². The van der Waals surface area contributed by atoms with Gasteiger partial charge in [-0.2, -0.15) is 0 Å². The summed E-state index contributed by atoms with van der Waals surface area (Å²) in [6, 6.07) is 12.1. The first-order chi connectivity index (χ1) is 13.7. The predicted octanol–water partition coefficient (Wildman–Crippen LogP) is 4.56. The normalized spacial score (nSPS) is 13.8. The third kappa shape index (κ3) is 6.32. The lowest BCUT2D eigenvalue weighted by molar-refractivity contribution is -0.133. The van der Waals surface area contributed by atoms with E-state index in [1.807, 2.05) is 56.0 Å². The number of rotatable bonds is 7. The van der Waals surface area contributed by atoms with E-state index in [1.165, 1.54) is 10.4 Å². The van der Waals surface area contributed by atoms with Gasteiger partial charge in [0.2, 0.25) is 5.91 Å². The average Bonchev–Trinajstić information content (AvgIpc) is 3.41. The summed E-state index contributed by atoms with van der Waals surface area (Å²) in [5.41, 5.74) is 1.96. The van der Waals surface area contributed by atoms with Crippen LogP contribution in [-0.2, 0) is 17.9 Å². The Morgan fingerprint density at radius 1 is 1.10 bits per heavy atom. The molecule has 0 unspecified atom stereocenters. The molecule has 5 nitrogen and oxygen atoms in total. The highest BCUT2D eigenvalue weighted by Crippen LogP contribution is 2.28. The van der Waals surface area contributed by atoms with E-state index in [0.717, 1.165) is 18.4 Å². The van der Waals surface area contributed by atoms with Crippen LogP contribution in [0.25, 0.3) is 0 Å². The van der Waals surface area contributed by atoms with Crippen molar-refractivity contribution < 1.29 is 9.59 Å². The number of urea groups is 1. The Bertz CT molecular complexity index is 837. The molecule has 1 aromatic carbocycles. The highest BCUT2D eigenvalue weighted by Gasteiger charge is 2.36. The van der Waals surface area contributed by atoms with Crippen molar-refractivity contribution in [3.8, 4) is 0 Å². The molecule has 0 aliphatic heterocycles. The average molecular weight is 414 g/mol. The summed E-state index contributed by atoms with van der Waals surface area (Å²) < 4.78 is 0. The summed E-state index contributed by atoms with van der Waals surface area (Å²) >= 11 is 1.67. The molecule has 1 aromatic heterocycles. The van der Waals surface area contributed by atoms with Crippen molar-refractivity contribution in [1.82, 2.24) is 15.1 Å². The van der Waals surface area contributed by atoms with Gasteiger partial charge in [0.15, 0.2) is 0 Å². The van der Waals surface area contributed by atoms with Crippen LogP contribution >= 0.6 is 11.3 Å². The summed E-state index contributed by atoms with van der Waals surface area (Å²) in [4.78, 5) is 30.9. The Hall–Kier alpha value is -2.34.